The second kappa shape index (κ2) is 6.07. The molecular weight excluding hydrogens is 272 g/mol. The Hall–Kier alpha value is -2.18. The number of benzene rings is 1. The van der Waals surface area contributed by atoms with E-state index in [4.69, 9.17) is 4.42 Å². The van der Waals surface area contributed by atoms with Crippen LogP contribution in [0.3, 0.4) is 0 Å². The minimum absolute atomic E-state index is 0.104. The number of nitro groups is 1. The molecule has 0 saturated heterocycles. The third kappa shape index (κ3) is 3.68. The van der Waals surface area contributed by atoms with Crippen molar-refractivity contribution in [3.63, 3.8) is 0 Å². The maximum atomic E-state index is 10.9. The first-order valence-electron chi connectivity index (χ1n) is 6.61. The molecule has 0 radical (unpaired) electrons. The molecule has 0 aliphatic heterocycles. The molecule has 0 spiro atoms. The van der Waals surface area contributed by atoms with Gasteiger partial charge in [-0.3, -0.25) is 10.1 Å². The van der Waals surface area contributed by atoms with Gasteiger partial charge in [-0.15, -0.1) is 0 Å². The van der Waals surface area contributed by atoms with Crippen LogP contribution < -0.4 is 5.32 Å². The highest BCUT2D eigenvalue weighted by molar-refractivity contribution is 5.42. The van der Waals surface area contributed by atoms with Gasteiger partial charge in [-0.25, -0.2) is 0 Å². The quantitative estimate of drug-likeness (QED) is 0.630. The minimum atomic E-state index is -1.12. The molecule has 6 nitrogen and oxygen atoms in total. The maximum absolute atomic E-state index is 10.9. The van der Waals surface area contributed by atoms with Gasteiger partial charge in [0.05, 0.1) is 11.2 Å². The second-order valence-electron chi connectivity index (χ2n) is 5.23. The lowest BCUT2D eigenvalue weighted by molar-refractivity contribution is -0.385. The van der Waals surface area contributed by atoms with E-state index in [1.165, 1.54) is 6.26 Å². The van der Waals surface area contributed by atoms with E-state index >= 15 is 0 Å². The molecule has 0 aliphatic carbocycles. The van der Waals surface area contributed by atoms with Crippen molar-refractivity contribution in [3.8, 4) is 0 Å². The van der Waals surface area contributed by atoms with Crippen molar-refractivity contribution >= 4 is 5.69 Å². The van der Waals surface area contributed by atoms with E-state index in [9.17, 15) is 15.2 Å². The smallest absolute Gasteiger partial charge is 0.272 e. The first-order chi connectivity index (χ1) is 9.90. The van der Waals surface area contributed by atoms with Crippen LogP contribution in [-0.4, -0.2) is 16.6 Å². The van der Waals surface area contributed by atoms with Crippen LogP contribution in [-0.2, 0) is 12.1 Å². The van der Waals surface area contributed by atoms with E-state index in [0.29, 0.717) is 17.9 Å². The first kappa shape index (κ1) is 15.2. The van der Waals surface area contributed by atoms with Crippen LogP contribution in [0.25, 0.3) is 0 Å². The van der Waals surface area contributed by atoms with Crippen molar-refractivity contribution < 1.29 is 14.4 Å². The maximum Gasteiger partial charge on any atom is 0.272 e. The molecule has 0 saturated carbocycles. The second-order valence-corrected chi connectivity index (χ2v) is 5.23. The summed E-state index contributed by atoms with van der Waals surface area (Å²) in [4.78, 5) is 10.5. The number of rotatable bonds is 6. The summed E-state index contributed by atoms with van der Waals surface area (Å²) < 4.78 is 5.19. The van der Waals surface area contributed by atoms with Crippen molar-refractivity contribution in [2.45, 2.75) is 26.0 Å². The molecule has 1 atom stereocenters. The van der Waals surface area contributed by atoms with Crippen molar-refractivity contribution in [2.75, 3.05) is 6.54 Å². The standard InChI is InChI=1S/C15H18N2O4/c1-11-5-6-12(8-13(11)17(19)20)9-16-10-15(2,18)14-4-3-7-21-14/h3-8,16,18H,9-10H2,1-2H3. The van der Waals surface area contributed by atoms with Crippen LogP contribution in [0.15, 0.2) is 41.0 Å². The molecule has 1 aromatic carbocycles. The molecule has 1 unspecified atom stereocenters. The van der Waals surface area contributed by atoms with Gasteiger partial charge < -0.3 is 14.8 Å². The molecule has 21 heavy (non-hydrogen) atoms. The molecule has 0 aliphatic rings. The van der Waals surface area contributed by atoms with Crippen LogP contribution in [0.1, 0.15) is 23.8 Å². The SMILES string of the molecule is Cc1ccc(CNCC(C)(O)c2ccco2)cc1[N+](=O)[O-]. The third-order valence-electron chi connectivity index (χ3n) is 3.32. The number of aryl methyl sites for hydroxylation is 1. The highest BCUT2D eigenvalue weighted by Gasteiger charge is 2.25. The minimum Gasteiger partial charge on any atom is -0.466 e. The monoisotopic (exact) mass is 290 g/mol. The summed E-state index contributed by atoms with van der Waals surface area (Å²) in [7, 11) is 0. The van der Waals surface area contributed by atoms with E-state index in [2.05, 4.69) is 5.32 Å². The Kier molecular flexibility index (Phi) is 4.40. The molecule has 2 N–H and O–H groups in total. The normalized spacial score (nSPS) is 13.9. The van der Waals surface area contributed by atoms with Gasteiger partial charge in [0.1, 0.15) is 11.4 Å². The van der Waals surface area contributed by atoms with Crippen molar-refractivity contribution in [1.82, 2.24) is 5.32 Å². The Labute approximate surface area is 122 Å². The van der Waals surface area contributed by atoms with E-state index in [1.807, 2.05) is 6.07 Å². The number of hydrogen-bond donors (Lipinski definition) is 2. The Balaban J connectivity index is 1.98. The summed E-state index contributed by atoms with van der Waals surface area (Å²) >= 11 is 0. The highest BCUT2D eigenvalue weighted by atomic mass is 16.6. The van der Waals surface area contributed by atoms with Crippen molar-refractivity contribution in [3.05, 3.63) is 63.6 Å². The summed E-state index contributed by atoms with van der Waals surface area (Å²) in [6.45, 7) is 4.06. The molecule has 0 amide bonds. The highest BCUT2D eigenvalue weighted by Crippen LogP contribution is 2.21. The molecule has 0 bridgehead atoms. The Morgan fingerprint density at radius 3 is 2.81 bits per heavy atom. The average Bonchev–Trinajstić information content (AvgIpc) is 2.95. The summed E-state index contributed by atoms with van der Waals surface area (Å²) in [5.41, 5.74) is 0.404. The Bertz CT molecular complexity index is 621. The lowest BCUT2D eigenvalue weighted by Gasteiger charge is -2.21. The van der Waals surface area contributed by atoms with Crippen LogP contribution in [0, 0.1) is 17.0 Å². The molecule has 0 fully saturated rings. The number of nitrogens with zero attached hydrogens (tertiary/aromatic N) is 1. The average molecular weight is 290 g/mol. The van der Waals surface area contributed by atoms with E-state index in [0.717, 1.165) is 5.56 Å². The van der Waals surface area contributed by atoms with Gasteiger partial charge >= 0.3 is 0 Å². The first-order valence-corrected chi connectivity index (χ1v) is 6.61. The fourth-order valence-corrected chi connectivity index (χ4v) is 2.08. The molecule has 1 aromatic heterocycles. The van der Waals surface area contributed by atoms with Gasteiger partial charge in [-0.2, -0.15) is 0 Å². The van der Waals surface area contributed by atoms with Crippen molar-refractivity contribution in [1.29, 1.82) is 0 Å². The Morgan fingerprint density at radius 1 is 1.43 bits per heavy atom. The Morgan fingerprint density at radius 2 is 2.19 bits per heavy atom. The predicted octanol–water partition coefficient (Wildman–Crippen LogP) is 2.49. The van der Waals surface area contributed by atoms with Crippen LogP contribution >= 0.6 is 0 Å². The largest absolute Gasteiger partial charge is 0.466 e. The zero-order chi connectivity index (χ0) is 15.5. The van der Waals surface area contributed by atoms with Crippen molar-refractivity contribution in [2.24, 2.45) is 0 Å². The number of aliphatic hydroxyl groups is 1. The summed E-state index contributed by atoms with van der Waals surface area (Å²) in [5, 5.41) is 24.3. The summed E-state index contributed by atoms with van der Waals surface area (Å²) in [6, 6.07) is 8.52. The number of hydrogen-bond acceptors (Lipinski definition) is 5. The molecule has 6 heteroatoms. The van der Waals surface area contributed by atoms with Crippen LogP contribution in [0.2, 0.25) is 0 Å². The number of nitrogens with one attached hydrogen (secondary N) is 1. The lowest BCUT2D eigenvalue weighted by atomic mass is 10.0. The zero-order valence-electron chi connectivity index (χ0n) is 12.0. The van der Waals surface area contributed by atoms with Gasteiger partial charge in [0.25, 0.3) is 5.69 Å². The van der Waals surface area contributed by atoms with Crippen LogP contribution in [0.4, 0.5) is 5.69 Å². The third-order valence-corrected chi connectivity index (χ3v) is 3.32. The van der Waals surface area contributed by atoms with Gasteiger partial charge in [0.2, 0.25) is 0 Å². The summed E-state index contributed by atoms with van der Waals surface area (Å²) in [5.74, 6) is 0.477. The molecule has 2 aromatic rings. The zero-order valence-corrected chi connectivity index (χ0v) is 12.0. The lowest BCUT2D eigenvalue weighted by Crippen LogP contribution is -2.34. The predicted molar refractivity (Wildman–Crippen MR) is 77.8 cm³/mol. The van der Waals surface area contributed by atoms with E-state index < -0.39 is 10.5 Å². The molecule has 2 rings (SSSR count). The van der Waals surface area contributed by atoms with Gasteiger partial charge in [-0.05, 0) is 31.5 Å². The number of furan rings is 1. The fraction of sp³-hybridized carbons (Fsp3) is 0.333. The van der Waals surface area contributed by atoms with Gasteiger partial charge in [0, 0.05) is 24.7 Å². The topological polar surface area (TPSA) is 88.5 Å². The molecule has 112 valence electrons. The molecular formula is C15H18N2O4. The fourth-order valence-electron chi connectivity index (χ4n) is 2.08. The van der Waals surface area contributed by atoms with E-state index in [-0.39, 0.29) is 12.2 Å². The van der Waals surface area contributed by atoms with Crippen LogP contribution in [0.5, 0.6) is 0 Å². The van der Waals surface area contributed by atoms with E-state index in [1.54, 1.807) is 38.1 Å². The summed E-state index contributed by atoms with van der Waals surface area (Å²) in [6.07, 6.45) is 1.51. The molecule has 1 heterocycles. The van der Waals surface area contributed by atoms with Gasteiger partial charge in [0.15, 0.2) is 0 Å². The number of nitro benzene ring substituents is 1. The van der Waals surface area contributed by atoms with Gasteiger partial charge in [-0.1, -0.05) is 12.1 Å².